The third kappa shape index (κ3) is 4.73. The molecule has 16 heavy (non-hydrogen) atoms. The van der Waals surface area contributed by atoms with E-state index in [9.17, 15) is 0 Å². The first kappa shape index (κ1) is 13.1. The summed E-state index contributed by atoms with van der Waals surface area (Å²) in [7, 11) is 4.17. The van der Waals surface area contributed by atoms with Gasteiger partial charge in [-0.15, -0.1) is 0 Å². The number of hydrogen-bond donors (Lipinski definition) is 1. The average Bonchev–Trinajstić information content (AvgIpc) is 2.30. The molecule has 1 atom stereocenters. The molecule has 1 heterocycles. The molecule has 3 heteroatoms. The van der Waals surface area contributed by atoms with E-state index in [2.05, 4.69) is 35.2 Å². The van der Waals surface area contributed by atoms with Crippen molar-refractivity contribution < 1.29 is 0 Å². The lowest BCUT2D eigenvalue weighted by Gasteiger charge is -2.24. The van der Waals surface area contributed by atoms with Crippen LogP contribution in [0.4, 0.5) is 0 Å². The maximum absolute atomic E-state index is 4.34. The Balaban J connectivity index is 2.31. The lowest BCUT2D eigenvalue weighted by Crippen LogP contribution is -2.29. The molecule has 3 nitrogen and oxygen atoms in total. The van der Waals surface area contributed by atoms with Gasteiger partial charge in [0.2, 0.25) is 0 Å². The molecule has 0 radical (unpaired) electrons. The van der Waals surface area contributed by atoms with E-state index in [1.165, 1.54) is 12.8 Å². The maximum Gasteiger partial charge on any atom is 0.0543 e. The van der Waals surface area contributed by atoms with Gasteiger partial charge in [-0.3, -0.25) is 9.88 Å². The van der Waals surface area contributed by atoms with Crippen LogP contribution in [-0.2, 0) is 6.54 Å². The van der Waals surface area contributed by atoms with Crippen molar-refractivity contribution in [3.8, 4) is 0 Å². The molecule has 0 saturated heterocycles. The maximum atomic E-state index is 4.34. The Morgan fingerprint density at radius 1 is 1.44 bits per heavy atom. The van der Waals surface area contributed by atoms with Crippen LogP contribution < -0.4 is 5.32 Å². The Labute approximate surface area is 98.9 Å². The molecule has 0 aliphatic heterocycles. The molecule has 1 unspecified atom stereocenters. The van der Waals surface area contributed by atoms with Gasteiger partial charge in [-0.05, 0) is 52.5 Å². The van der Waals surface area contributed by atoms with Crippen molar-refractivity contribution >= 4 is 0 Å². The molecule has 0 bridgehead atoms. The van der Waals surface area contributed by atoms with E-state index < -0.39 is 0 Å². The second-order valence-electron chi connectivity index (χ2n) is 4.33. The zero-order chi connectivity index (χ0) is 11.8. The standard InChI is InChI=1S/C13H23N3/c1-12(7-6-9-14-2)16(3)11-13-8-4-5-10-15-13/h4-5,8,10,12,14H,6-7,9,11H2,1-3H3. The van der Waals surface area contributed by atoms with E-state index in [0.717, 1.165) is 18.8 Å². The minimum atomic E-state index is 0.607. The predicted octanol–water partition coefficient (Wildman–Crippen LogP) is 1.90. The van der Waals surface area contributed by atoms with Crippen molar-refractivity contribution in [3.63, 3.8) is 0 Å². The quantitative estimate of drug-likeness (QED) is 0.713. The smallest absolute Gasteiger partial charge is 0.0543 e. The van der Waals surface area contributed by atoms with Gasteiger partial charge in [0.15, 0.2) is 0 Å². The second kappa shape index (κ2) is 7.36. The SMILES string of the molecule is CNCCCC(C)N(C)Cc1ccccn1. The molecule has 0 aliphatic rings. The van der Waals surface area contributed by atoms with Crippen LogP contribution in [0.15, 0.2) is 24.4 Å². The Hall–Kier alpha value is -0.930. The predicted molar refractivity (Wildman–Crippen MR) is 68.3 cm³/mol. The first-order valence-corrected chi connectivity index (χ1v) is 5.98. The fourth-order valence-electron chi connectivity index (χ4n) is 1.70. The van der Waals surface area contributed by atoms with Gasteiger partial charge in [-0.1, -0.05) is 6.07 Å². The summed E-state index contributed by atoms with van der Waals surface area (Å²) in [5.41, 5.74) is 1.14. The highest BCUT2D eigenvalue weighted by Crippen LogP contribution is 2.07. The highest BCUT2D eigenvalue weighted by Gasteiger charge is 2.09. The van der Waals surface area contributed by atoms with Gasteiger partial charge in [0, 0.05) is 18.8 Å². The van der Waals surface area contributed by atoms with Crippen LogP contribution in [-0.4, -0.2) is 36.6 Å². The number of rotatable bonds is 7. The van der Waals surface area contributed by atoms with Crippen molar-refractivity contribution in [1.29, 1.82) is 0 Å². The van der Waals surface area contributed by atoms with E-state index in [4.69, 9.17) is 0 Å². The van der Waals surface area contributed by atoms with Crippen molar-refractivity contribution in [2.24, 2.45) is 0 Å². The van der Waals surface area contributed by atoms with E-state index >= 15 is 0 Å². The number of hydrogen-bond acceptors (Lipinski definition) is 3. The minimum Gasteiger partial charge on any atom is -0.320 e. The van der Waals surface area contributed by atoms with Crippen molar-refractivity contribution in [2.75, 3.05) is 20.6 Å². The van der Waals surface area contributed by atoms with Gasteiger partial charge in [0.05, 0.1) is 5.69 Å². The van der Waals surface area contributed by atoms with E-state index in [0.29, 0.717) is 6.04 Å². The second-order valence-corrected chi connectivity index (χ2v) is 4.33. The van der Waals surface area contributed by atoms with E-state index in [1.807, 2.05) is 25.4 Å². The summed E-state index contributed by atoms with van der Waals surface area (Å²) in [5, 5.41) is 3.18. The van der Waals surface area contributed by atoms with Crippen LogP contribution in [0.5, 0.6) is 0 Å². The van der Waals surface area contributed by atoms with Crippen molar-refractivity contribution in [1.82, 2.24) is 15.2 Å². The lowest BCUT2D eigenvalue weighted by atomic mass is 10.1. The summed E-state index contributed by atoms with van der Waals surface area (Å²) in [4.78, 5) is 6.70. The van der Waals surface area contributed by atoms with Gasteiger partial charge in [-0.2, -0.15) is 0 Å². The Bertz CT molecular complexity index is 274. The Morgan fingerprint density at radius 2 is 2.25 bits per heavy atom. The molecular weight excluding hydrogens is 198 g/mol. The summed E-state index contributed by atoms with van der Waals surface area (Å²) in [5.74, 6) is 0. The molecule has 0 aliphatic carbocycles. The zero-order valence-corrected chi connectivity index (χ0v) is 10.6. The molecule has 0 spiro atoms. The van der Waals surface area contributed by atoms with Crippen molar-refractivity contribution in [2.45, 2.75) is 32.4 Å². The summed E-state index contributed by atoms with van der Waals surface area (Å²) in [6.07, 6.45) is 4.31. The van der Waals surface area contributed by atoms with E-state index in [-0.39, 0.29) is 0 Å². The first-order valence-electron chi connectivity index (χ1n) is 5.98. The molecule has 0 aromatic carbocycles. The van der Waals surface area contributed by atoms with E-state index in [1.54, 1.807) is 0 Å². The molecule has 1 aromatic heterocycles. The van der Waals surface area contributed by atoms with Crippen LogP contribution in [0.25, 0.3) is 0 Å². The molecule has 0 saturated carbocycles. The number of aromatic nitrogens is 1. The Morgan fingerprint density at radius 3 is 2.88 bits per heavy atom. The van der Waals surface area contributed by atoms with Gasteiger partial charge in [0.25, 0.3) is 0 Å². The molecule has 1 rings (SSSR count). The highest BCUT2D eigenvalue weighted by molar-refractivity contribution is 5.03. The largest absolute Gasteiger partial charge is 0.320 e. The molecule has 90 valence electrons. The number of pyridine rings is 1. The average molecular weight is 221 g/mol. The van der Waals surface area contributed by atoms with Crippen molar-refractivity contribution in [3.05, 3.63) is 30.1 Å². The van der Waals surface area contributed by atoms with Crippen LogP contribution in [0.2, 0.25) is 0 Å². The van der Waals surface area contributed by atoms with Crippen LogP contribution in [0, 0.1) is 0 Å². The molecule has 1 N–H and O–H groups in total. The van der Waals surface area contributed by atoms with Gasteiger partial charge in [-0.25, -0.2) is 0 Å². The Kier molecular flexibility index (Phi) is 6.04. The summed E-state index contributed by atoms with van der Waals surface area (Å²) >= 11 is 0. The fourth-order valence-corrected chi connectivity index (χ4v) is 1.70. The zero-order valence-electron chi connectivity index (χ0n) is 10.6. The van der Waals surface area contributed by atoms with Crippen LogP contribution in [0.1, 0.15) is 25.5 Å². The lowest BCUT2D eigenvalue weighted by molar-refractivity contribution is 0.232. The first-order chi connectivity index (χ1) is 7.74. The third-order valence-electron chi connectivity index (χ3n) is 2.94. The van der Waals surface area contributed by atoms with Gasteiger partial charge < -0.3 is 5.32 Å². The van der Waals surface area contributed by atoms with Crippen LogP contribution >= 0.6 is 0 Å². The third-order valence-corrected chi connectivity index (χ3v) is 2.94. The van der Waals surface area contributed by atoms with Crippen LogP contribution in [0.3, 0.4) is 0 Å². The summed E-state index contributed by atoms with van der Waals surface area (Å²) in [6.45, 7) is 4.31. The normalized spacial score (nSPS) is 13.0. The monoisotopic (exact) mass is 221 g/mol. The number of nitrogens with zero attached hydrogens (tertiary/aromatic N) is 2. The van der Waals surface area contributed by atoms with Gasteiger partial charge in [0.1, 0.15) is 0 Å². The summed E-state index contributed by atoms with van der Waals surface area (Å²) in [6, 6.07) is 6.69. The molecular formula is C13H23N3. The number of nitrogens with one attached hydrogen (secondary N) is 1. The molecule has 1 aromatic rings. The van der Waals surface area contributed by atoms with Gasteiger partial charge >= 0.3 is 0 Å². The molecule has 0 amide bonds. The summed E-state index contributed by atoms with van der Waals surface area (Å²) < 4.78 is 0. The molecule has 0 fully saturated rings. The minimum absolute atomic E-state index is 0.607. The fraction of sp³-hybridized carbons (Fsp3) is 0.615. The highest BCUT2D eigenvalue weighted by atomic mass is 15.1. The topological polar surface area (TPSA) is 28.2 Å².